The maximum absolute atomic E-state index is 12.7. The molecule has 0 fully saturated rings. The summed E-state index contributed by atoms with van der Waals surface area (Å²) in [5, 5.41) is 16.0. The van der Waals surface area contributed by atoms with Crippen LogP contribution in [0.25, 0.3) is 5.69 Å². The monoisotopic (exact) mass is 398 g/mol. The van der Waals surface area contributed by atoms with Crippen LogP contribution in [0.4, 0.5) is 18.9 Å². The van der Waals surface area contributed by atoms with Gasteiger partial charge in [0.15, 0.2) is 0 Å². The summed E-state index contributed by atoms with van der Waals surface area (Å²) in [7, 11) is 0. The number of alkyl halides is 3. The van der Waals surface area contributed by atoms with Gasteiger partial charge >= 0.3 is 6.18 Å². The van der Waals surface area contributed by atoms with Crippen LogP contribution in [-0.2, 0) is 4.79 Å². The van der Waals surface area contributed by atoms with E-state index in [0.717, 1.165) is 16.3 Å². The molecular formula is C19H25F3N4O2. The van der Waals surface area contributed by atoms with Gasteiger partial charge in [-0.05, 0) is 32.4 Å². The summed E-state index contributed by atoms with van der Waals surface area (Å²) in [6, 6.07) is 9.43. The van der Waals surface area contributed by atoms with Gasteiger partial charge in [0.05, 0.1) is 29.3 Å². The highest BCUT2D eigenvalue weighted by molar-refractivity contribution is 5.92. The Bertz CT molecular complexity index is 775. The Labute approximate surface area is 162 Å². The third-order valence-corrected chi connectivity index (χ3v) is 4.25. The highest BCUT2D eigenvalue weighted by Crippen LogP contribution is 2.23. The lowest BCUT2D eigenvalue weighted by atomic mass is 10.2. The van der Waals surface area contributed by atoms with E-state index in [0.29, 0.717) is 11.4 Å². The number of aliphatic hydroxyl groups is 1. The first-order chi connectivity index (χ1) is 13.2. The van der Waals surface area contributed by atoms with Gasteiger partial charge in [-0.1, -0.05) is 18.2 Å². The van der Waals surface area contributed by atoms with Crippen molar-refractivity contribution in [1.29, 1.82) is 0 Å². The Morgan fingerprint density at radius 3 is 2.50 bits per heavy atom. The number of para-hydroxylation sites is 1. The summed E-state index contributed by atoms with van der Waals surface area (Å²) < 4.78 is 39.7. The number of anilines is 1. The van der Waals surface area contributed by atoms with Gasteiger partial charge < -0.3 is 10.4 Å². The molecule has 0 saturated heterocycles. The van der Waals surface area contributed by atoms with E-state index in [2.05, 4.69) is 10.4 Å². The lowest BCUT2D eigenvalue weighted by molar-refractivity contribution is -0.147. The van der Waals surface area contributed by atoms with Gasteiger partial charge in [-0.2, -0.15) is 18.3 Å². The minimum absolute atomic E-state index is 0.0454. The number of aromatic nitrogens is 2. The third kappa shape index (κ3) is 6.35. The fourth-order valence-electron chi connectivity index (χ4n) is 2.92. The summed E-state index contributed by atoms with van der Waals surface area (Å²) >= 11 is 0. The van der Waals surface area contributed by atoms with Crippen LogP contribution in [0.3, 0.4) is 0 Å². The van der Waals surface area contributed by atoms with Gasteiger partial charge in [-0.25, -0.2) is 4.68 Å². The van der Waals surface area contributed by atoms with Gasteiger partial charge in [-0.15, -0.1) is 0 Å². The van der Waals surface area contributed by atoms with Crippen LogP contribution in [0.15, 0.2) is 30.3 Å². The standard InChI is InChI=1S/C19H25F3N4O2/c1-14-18(15(2)26(24-14)16-7-4-3-5-8-16)23-17(28)9-11-25(10-6-12-27)13-19(20,21)22/h3-5,7-8,27H,6,9-13H2,1-2H3,(H,23,28). The fraction of sp³-hybridized carbons (Fsp3) is 0.474. The molecule has 154 valence electrons. The van der Waals surface area contributed by atoms with Gasteiger partial charge in [-0.3, -0.25) is 9.69 Å². The molecule has 0 spiro atoms. The van der Waals surface area contributed by atoms with Crippen molar-refractivity contribution in [3.63, 3.8) is 0 Å². The van der Waals surface area contributed by atoms with E-state index in [1.54, 1.807) is 11.6 Å². The molecule has 0 aliphatic carbocycles. The number of amides is 1. The average molecular weight is 398 g/mol. The molecule has 28 heavy (non-hydrogen) atoms. The molecule has 0 bridgehead atoms. The van der Waals surface area contributed by atoms with Crippen molar-refractivity contribution < 1.29 is 23.1 Å². The van der Waals surface area contributed by atoms with Gasteiger partial charge in [0, 0.05) is 26.1 Å². The number of aryl methyl sites for hydroxylation is 1. The van der Waals surface area contributed by atoms with Gasteiger partial charge in [0.25, 0.3) is 0 Å². The van der Waals surface area contributed by atoms with Crippen molar-refractivity contribution in [2.24, 2.45) is 0 Å². The average Bonchev–Trinajstić information content (AvgIpc) is 2.92. The molecule has 0 saturated carbocycles. The van der Waals surface area contributed by atoms with Crippen LogP contribution in [0, 0.1) is 13.8 Å². The predicted octanol–water partition coefficient (Wildman–Crippen LogP) is 3.06. The smallest absolute Gasteiger partial charge is 0.396 e. The fourth-order valence-corrected chi connectivity index (χ4v) is 2.92. The largest absolute Gasteiger partial charge is 0.401 e. The molecule has 0 radical (unpaired) electrons. The zero-order valence-corrected chi connectivity index (χ0v) is 16.0. The predicted molar refractivity (Wildman–Crippen MR) is 100 cm³/mol. The van der Waals surface area contributed by atoms with E-state index in [1.807, 2.05) is 37.3 Å². The number of hydrogen-bond donors (Lipinski definition) is 2. The summed E-state index contributed by atoms with van der Waals surface area (Å²) in [6.07, 6.45) is -4.22. The molecule has 6 nitrogen and oxygen atoms in total. The molecule has 2 N–H and O–H groups in total. The van der Waals surface area contributed by atoms with Crippen molar-refractivity contribution in [2.75, 3.05) is 31.6 Å². The highest BCUT2D eigenvalue weighted by atomic mass is 19.4. The van der Waals surface area contributed by atoms with Crippen molar-refractivity contribution in [2.45, 2.75) is 32.9 Å². The van der Waals surface area contributed by atoms with Crippen LogP contribution in [0.1, 0.15) is 24.2 Å². The Morgan fingerprint density at radius 2 is 1.89 bits per heavy atom. The Hall–Kier alpha value is -2.39. The number of carbonyl (C=O) groups is 1. The molecular weight excluding hydrogens is 373 g/mol. The van der Waals surface area contributed by atoms with Gasteiger partial charge in [0.2, 0.25) is 5.91 Å². The van der Waals surface area contributed by atoms with E-state index in [-0.39, 0.29) is 38.4 Å². The van der Waals surface area contributed by atoms with E-state index >= 15 is 0 Å². The first kappa shape index (κ1) is 21.9. The molecule has 0 unspecified atom stereocenters. The lowest BCUT2D eigenvalue weighted by Crippen LogP contribution is -2.37. The zero-order chi connectivity index (χ0) is 20.7. The molecule has 1 amide bonds. The minimum atomic E-state index is -4.35. The quantitative estimate of drug-likeness (QED) is 0.681. The highest BCUT2D eigenvalue weighted by Gasteiger charge is 2.30. The normalized spacial score (nSPS) is 11.8. The summed E-state index contributed by atoms with van der Waals surface area (Å²) in [5.41, 5.74) is 2.78. The molecule has 1 aromatic carbocycles. The maximum Gasteiger partial charge on any atom is 0.401 e. The molecule has 9 heteroatoms. The minimum Gasteiger partial charge on any atom is -0.396 e. The Morgan fingerprint density at radius 1 is 1.21 bits per heavy atom. The van der Waals surface area contributed by atoms with E-state index in [9.17, 15) is 18.0 Å². The molecule has 1 aromatic heterocycles. The van der Waals surface area contributed by atoms with E-state index < -0.39 is 12.7 Å². The Kier molecular flexibility index (Phi) is 7.59. The Balaban J connectivity index is 2.01. The summed E-state index contributed by atoms with van der Waals surface area (Å²) in [5.74, 6) is -0.380. The van der Waals surface area contributed by atoms with Crippen LogP contribution in [-0.4, -0.2) is 58.1 Å². The number of nitrogens with zero attached hydrogens (tertiary/aromatic N) is 3. The first-order valence-corrected chi connectivity index (χ1v) is 9.02. The topological polar surface area (TPSA) is 70.4 Å². The maximum atomic E-state index is 12.7. The van der Waals surface area contributed by atoms with Crippen LogP contribution in [0.5, 0.6) is 0 Å². The second-order valence-electron chi connectivity index (χ2n) is 6.56. The molecule has 2 rings (SSSR count). The van der Waals surface area contributed by atoms with Crippen LogP contribution >= 0.6 is 0 Å². The summed E-state index contributed by atoms with van der Waals surface area (Å²) in [6.45, 7) is 2.31. The number of aliphatic hydroxyl groups excluding tert-OH is 1. The SMILES string of the molecule is Cc1nn(-c2ccccc2)c(C)c1NC(=O)CCN(CCCO)CC(F)(F)F. The number of carbonyl (C=O) groups excluding carboxylic acids is 1. The van der Waals surface area contributed by atoms with Crippen molar-refractivity contribution in [3.8, 4) is 5.69 Å². The number of benzene rings is 1. The van der Waals surface area contributed by atoms with Crippen molar-refractivity contribution in [1.82, 2.24) is 14.7 Å². The van der Waals surface area contributed by atoms with Gasteiger partial charge in [0.1, 0.15) is 0 Å². The molecule has 1 heterocycles. The number of nitrogens with one attached hydrogen (secondary N) is 1. The van der Waals surface area contributed by atoms with Crippen LogP contribution in [0.2, 0.25) is 0 Å². The lowest BCUT2D eigenvalue weighted by Gasteiger charge is -2.23. The summed E-state index contributed by atoms with van der Waals surface area (Å²) in [4.78, 5) is 13.4. The number of halogens is 3. The number of hydrogen-bond acceptors (Lipinski definition) is 4. The third-order valence-electron chi connectivity index (χ3n) is 4.25. The number of rotatable bonds is 9. The zero-order valence-electron chi connectivity index (χ0n) is 16.0. The molecule has 2 aromatic rings. The molecule has 0 aliphatic rings. The second kappa shape index (κ2) is 9.70. The van der Waals surface area contributed by atoms with E-state index in [4.69, 9.17) is 5.11 Å². The molecule has 0 aliphatic heterocycles. The van der Waals surface area contributed by atoms with Crippen molar-refractivity contribution in [3.05, 3.63) is 41.7 Å². The molecule has 0 atom stereocenters. The van der Waals surface area contributed by atoms with Crippen molar-refractivity contribution >= 4 is 11.6 Å². The van der Waals surface area contributed by atoms with E-state index in [1.165, 1.54) is 0 Å². The van der Waals surface area contributed by atoms with Crippen LogP contribution < -0.4 is 5.32 Å². The second-order valence-corrected chi connectivity index (χ2v) is 6.56. The first-order valence-electron chi connectivity index (χ1n) is 9.02.